The Labute approximate surface area is 133 Å². The summed E-state index contributed by atoms with van der Waals surface area (Å²) in [6.45, 7) is 4.30. The lowest BCUT2D eigenvalue weighted by Gasteiger charge is -2.20. The molecule has 3 aromatic rings. The minimum atomic E-state index is 0.152. The summed E-state index contributed by atoms with van der Waals surface area (Å²) in [4.78, 5) is 0. The van der Waals surface area contributed by atoms with Crippen LogP contribution in [0.2, 0.25) is 0 Å². The number of halogens is 1. The standard InChI is InChI=1S/C18H18BrNO/c1-12(15-8-4-5-9-16(15)19)20-13(2)18-11-14-7-3-6-10-17(14)21-18/h3-13,20H,1-2H3. The highest BCUT2D eigenvalue weighted by molar-refractivity contribution is 9.10. The Kier molecular flexibility index (Phi) is 4.13. The summed E-state index contributed by atoms with van der Waals surface area (Å²) in [5.41, 5.74) is 2.19. The van der Waals surface area contributed by atoms with Crippen LogP contribution in [0.3, 0.4) is 0 Å². The molecule has 3 heteroatoms. The highest BCUT2D eigenvalue weighted by Crippen LogP contribution is 2.28. The maximum Gasteiger partial charge on any atom is 0.134 e. The minimum absolute atomic E-state index is 0.152. The number of para-hydroxylation sites is 1. The number of hydrogen-bond acceptors (Lipinski definition) is 2. The Hall–Kier alpha value is -1.58. The van der Waals surface area contributed by atoms with Gasteiger partial charge in [0.1, 0.15) is 11.3 Å². The zero-order valence-corrected chi connectivity index (χ0v) is 13.7. The average Bonchev–Trinajstić information content (AvgIpc) is 2.91. The van der Waals surface area contributed by atoms with E-state index in [1.807, 2.05) is 24.3 Å². The summed E-state index contributed by atoms with van der Waals surface area (Å²) in [7, 11) is 0. The van der Waals surface area contributed by atoms with E-state index in [4.69, 9.17) is 4.42 Å². The molecule has 0 aliphatic heterocycles. The minimum Gasteiger partial charge on any atom is -0.459 e. The van der Waals surface area contributed by atoms with Crippen molar-refractivity contribution in [1.82, 2.24) is 5.32 Å². The van der Waals surface area contributed by atoms with Crippen LogP contribution >= 0.6 is 15.9 Å². The van der Waals surface area contributed by atoms with Crippen molar-refractivity contribution in [2.45, 2.75) is 25.9 Å². The second-order valence-corrected chi connectivity index (χ2v) is 6.17. The van der Waals surface area contributed by atoms with E-state index in [0.717, 1.165) is 21.2 Å². The van der Waals surface area contributed by atoms with Crippen LogP contribution < -0.4 is 5.32 Å². The lowest BCUT2D eigenvalue weighted by atomic mass is 10.1. The summed E-state index contributed by atoms with van der Waals surface area (Å²) < 4.78 is 7.05. The third kappa shape index (κ3) is 3.04. The van der Waals surface area contributed by atoms with Crippen LogP contribution in [0.25, 0.3) is 11.0 Å². The molecule has 3 rings (SSSR count). The summed E-state index contributed by atoms with van der Waals surface area (Å²) in [6.07, 6.45) is 0. The van der Waals surface area contributed by atoms with Gasteiger partial charge in [-0.15, -0.1) is 0 Å². The maximum atomic E-state index is 5.92. The number of rotatable bonds is 4. The molecule has 0 aliphatic carbocycles. The zero-order chi connectivity index (χ0) is 14.8. The molecule has 1 aromatic heterocycles. The topological polar surface area (TPSA) is 25.2 Å². The molecule has 0 bridgehead atoms. The predicted molar refractivity (Wildman–Crippen MR) is 90.3 cm³/mol. The molecule has 21 heavy (non-hydrogen) atoms. The fraction of sp³-hybridized carbons (Fsp3) is 0.222. The summed E-state index contributed by atoms with van der Waals surface area (Å²) in [5, 5.41) is 4.74. The number of nitrogens with one attached hydrogen (secondary N) is 1. The van der Waals surface area contributed by atoms with Crippen LogP contribution in [0, 0.1) is 0 Å². The first-order chi connectivity index (χ1) is 10.1. The highest BCUT2D eigenvalue weighted by atomic mass is 79.9. The maximum absolute atomic E-state index is 5.92. The average molecular weight is 344 g/mol. The van der Waals surface area contributed by atoms with Gasteiger partial charge >= 0.3 is 0 Å². The molecule has 0 radical (unpaired) electrons. The molecule has 0 amide bonds. The fourth-order valence-electron chi connectivity index (χ4n) is 2.59. The van der Waals surface area contributed by atoms with Crippen LogP contribution in [0.15, 0.2) is 63.5 Å². The smallest absolute Gasteiger partial charge is 0.134 e. The molecule has 2 unspecified atom stereocenters. The van der Waals surface area contributed by atoms with Crippen molar-refractivity contribution in [3.63, 3.8) is 0 Å². The van der Waals surface area contributed by atoms with Gasteiger partial charge in [0.15, 0.2) is 0 Å². The van der Waals surface area contributed by atoms with E-state index in [2.05, 4.69) is 65.4 Å². The summed E-state index contributed by atoms with van der Waals surface area (Å²) >= 11 is 3.61. The van der Waals surface area contributed by atoms with E-state index in [-0.39, 0.29) is 12.1 Å². The van der Waals surface area contributed by atoms with Crippen molar-refractivity contribution in [1.29, 1.82) is 0 Å². The van der Waals surface area contributed by atoms with Crippen molar-refractivity contribution in [3.05, 3.63) is 70.4 Å². The SMILES string of the molecule is CC(NC(C)c1ccccc1Br)c1cc2ccccc2o1. The van der Waals surface area contributed by atoms with Crippen molar-refractivity contribution < 1.29 is 4.42 Å². The van der Waals surface area contributed by atoms with Gasteiger partial charge in [0.2, 0.25) is 0 Å². The van der Waals surface area contributed by atoms with E-state index < -0.39 is 0 Å². The number of hydrogen-bond donors (Lipinski definition) is 1. The van der Waals surface area contributed by atoms with Crippen molar-refractivity contribution in [3.8, 4) is 0 Å². The lowest BCUT2D eigenvalue weighted by molar-refractivity contribution is 0.417. The van der Waals surface area contributed by atoms with Gasteiger partial charge in [-0.1, -0.05) is 52.3 Å². The van der Waals surface area contributed by atoms with Gasteiger partial charge in [-0.25, -0.2) is 0 Å². The Morgan fingerprint density at radius 3 is 2.43 bits per heavy atom. The quantitative estimate of drug-likeness (QED) is 0.666. The van der Waals surface area contributed by atoms with Gasteiger partial charge in [-0.3, -0.25) is 0 Å². The van der Waals surface area contributed by atoms with Crippen LogP contribution in [0.4, 0.5) is 0 Å². The van der Waals surface area contributed by atoms with Gasteiger partial charge < -0.3 is 9.73 Å². The monoisotopic (exact) mass is 343 g/mol. The molecular weight excluding hydrogens is 326 g/mol. The molecule has 108 valence electrons. The molecule has 2 atom stereocenters. The third-order valence-electron chi connectivity index (χ3n) is 3.74. The molecule has 0 saturated heterocycles. The molecular formula is C18H18BrNO. The molecule has 0 saturated carbocycles. The summed E-state index contributed by atoms with van der Waals surface area (Å²) in [6, 6.07) is 18.9. The first-order valence-corrected chi connectivity index (χ1v) is 7.93. The van der Waals surface area contributed by atoms with Crippen LogP contribution in [0.1, 0.15) is 37.3 Å². The van der Waals surface area contributed by atoms with Gasteiger partial charge in [-0.2, -0.15) is 0 Å². The van der Waals surface area contributed by atoms with Crippen LogP contribution in [0.5, 0.6) is 0 Å². The third-order valence-corrected chi connectivity index (χ3v) is 4.47. The van der Waals surface area contributed by atoms with Gasteiger partial charge in [0.25, 0.3) is 0 Å². The fourth-order valence-corrected chi connectivity index (χ4v) is 3.22. The predicted octanol–water partition coefficient (Wildman–Crippen LogP) is 5.61. The van der Waals surface area contributed by atoms with Crippen LogP contribution in [-0.4, -0.2) is 0 Å². The van der Waals surface area contributed by atoms with Crippen molar-refractivity contribution in [2.75, 3.05) is 0 Å². The van der Waals surface area contributed by atoms with Gasteiger partial charge in [-0.05, 0) is 37.6 Å². The summed E-state index contributed by atoms with van der Waals surface area (Å²) in [5.74, 6) is 0.968. The number of fused-ring (bicyclic) bond motifs is 1. The van der Waals surface area contributed by atoms with E-state index in [9.17, 15) is 0 Å². The Bertz CT molecular complexity index is 717. The normalized spacial score (nSPS) is 14.2. The van der Waals surface area contributed by atoms with E-state index in [1.165, 1.54) is 5.56 Å². The zero-order valence-electron chi connectivity index (χ0n) is 12.1. The molecule has 0 aliphatic rings. The molecule has 1 N–H and O–H groups in total. The lowest BCUT2D eigenvalue weighted by Crippen LogP contribution is -2.22. The number of furan rings is 1. The van der Waals surface area contributed by atoms with Crippen molar-refractivity contribution in [2.24, 2.45) is 0 Å². The molecule has 2 aromatic carbocycles. The largest absolute Gasteiger partial charge is 0.459 e. The highest BCUT2D eigenvalue weighted by Gasteiger charge is 2.16. The van der Waals surface area contributed by atoms with Gasteiger partial charge in [0.05, 0.1) is 6.04 Å². The second kappa shape index (κ2) is 6.04. The first-order valence-electron chi connectivity index (χ1n) is 7.14. The molecule has 0 spiro atoms. The first kappa shape index (κ1) is 14.4. The van der Waals surface area contributed by atoms with Crippen LogP contribution in [-0.2, 0) is 0 Å². The second-order valence-electron chi connectivity index (χ2n) is 5.32. The molecule has 2 nitrogen and oxygen atoms in total. The molecule has 1 heterocycles. The Balaban J connectivity index is 1.79. The molecule has 0 fully saturated rings. The van der Waals surface area contributed by atoms with E-state index >= 15 is 0 Å². The van der Waals surface area contributed by atoms with E-state index in [1.54, 1.807) is 0 Å². The number of benzene rings is 2. The van der Waals surface area contributed by atoms with E-state index in [0.29, 0.717) is 0 Å². The van der Waals surface area contributed by atoms with Gasteiger partial charge in [0, 0.05) is 15.9 Å². The van der Waals surface area contributed by atoms with Crippen molar-refractivity contribution >= 4 is 26.9 Å². The Morgan fingerprint density at radius 2 is 1.67 bits per heavy atom. The Morgan fingerprint density at radius 1 is 0.952 bits per heavy atom.